The second-order valence-electron chi connectivity index (χ2n) is 33.4. The highest BCUT2D eigenvalue weighted by molar-refractivity contribution is 7.48. The third-order valence-corrected chi connectivity index (χ3v) is 25.0. The third kappa shape index (κ3) is 78.1. The Morgan fingerprint density at radius 1 is 0.284 bits per heavy atom. The Bertz CT molecular complexity index is 2190. The lowest BCUT2D eigenvalue weighted by Crippen LogP contribution is -2.38. The largest absolute Gasteiger partial charge is 0.475 e. The van der Waals surface area contributed by atoms with Gasteiger partial charge in [-0.25, -0.2) is 13.9 Å². The summed E-state index contributed by atoms with van der Waals surface area (Å²) in [6.45, 7) is 19.1. The number of carbonyl (C=O) groups excluding carboxylic acids is 5. The highest BCUT2D eigenvalue weighted by Gasteiger charge is 2.32. The summed E-state index contributed by atoms with van der Waals surface area (Å²) in [5.41, 5.74) is 0. The zero-order valence-corrected chi connectivity index (χ0v) is 77.9. The molecule has 4 amide bonds. The van der Waals surface area contributed by atoms with Gasteiger partial charge in [0.05, 0.1) is 39.6 Å². The Kier molecular flexibility index (Phi) is 84.4. The predicted octanol–water partition coefficient (Wildman–Crippen LogP) is 28.4. The lowest BCUT2D eigenvalue weighted by Gasteiger charge is -2.25. The second kappa shape index (κ2) is 86.8. The summed E-state index contributed by atoms with van der Waals surface area (Å²) in [7, 11) is -8.68. The van der Waals surface area contributed by atoms with Gasteiger partial charge in [0.25, 0.3) is 0 Å². The van der Waals surface area contributed by atoms with E-state index in [1.807, 2.05) is 0 Å². The zero-order chi connectivity index (χ0) is 84.8. The molecule has 19 nitrogen and oxygen atoms in total. The molecule has 0 fully saturated rings. The molecule has 0 aromatic heterocycles. The Balaban J connectivity index is 6.23. The van der Waals surface area contributed by atoms with Gasteiger partial charge in [0.1, 0.15) is 12.2 Å². The quantitative estimate of drug-likeness (QED) is 0.0192. The van der Waals surface area contributed by atoms with Gasteiger partial charge in [-0.15, -0.1) is 13.2 Å². The predicted molar refractivity (Wildman–Crippen MR) is 484 cm³/mol. The van der Waals surface area contributed by atoms with E-state index in [0.717, 1.165) is 128 Å². The molecule has 0 heterocycles. The normalized spacial score (nSPS) is 13.6. The van der Waals surface area contributed by atoms with Crippen LogP contribution in [0, 0.1) is 0 Å². The number of carbonyl (C=O) groups is 5. The summed E-state index contributed by atoms with van der Waals surface area (Å²) >= 11 is 0. The molecule has 116 heavy (non-hydrogen) atoms. The van der Waals surface area contributed by atoms with Crippen LogP contribution in [-0.4, -0.2) is 107 Å². The monoisotopic (exact) mass is 1680 g/mol. The molecule has 0 saturated heterocycles. The van der Waals surface area contributed by atoms with Crippen LogP contribution in [0.15, 0.2) is 25.3 Å². The Labute approximate surface area is 713 Å². The highest BCUT2D eigenvalue weighted by Crippen LogP contribution is 2.50. The smallest absolute Gasteiger partial charge is 0.460 e. The van der Waals surface area contributed by atoms with Crippen molar-refractivity contribution in [3.05, 3.63) is 25.3 Å². The molecule has 6 atom stereocenters. The number of urea groups is 1. The van der Waals surface area contributed by atoms with Gasteiger partial charge in [0, 0.05) is 50.9 Å². The van der Waals surface area contributed by atoms with Crippen LogP contribution in [0.2, 0.25) is 0 Å². The van der Waals surface area contributed by atoms with Crippen molar-refractivity contribution in [3.63, 3.8) is 0 Å². The maximum absolute atomic E-state index is 14.4. The van der Waals surface area contributed by atoms with Crippen molar-refractivity contribution in [1.29, 1.82) is 0 Å². The van der Waals surface area contributed by atoms with Crippen molar-refractivity contribution in [2.45, 2.75) is 502 Å². The van der Waals surface area contributed by atoms with Gasteiger partial charge in [0.2, 0.25) is 11.8 Å². The Morgan fingerprint density at radius 2 is 0.517 bits per heavy atom. The van der Waals surface area contributed by atoms with Gasteiger partial charge in [-0.1, -0.05) is 400 Å². The number of amides is 4. The number of hydrogen-bond acceptors (Lipinski definition) is 15. The van der Waals surface area contributed by atoms with Crippen molar-refractivity contribution < 1.29 is 69.7 Å². The average molecular weight is 1680 g/mol. The summed E-state index contributed by atoms with van der Waals surface area (Å²) in [6.07, 6.45) is 73.8. The molecule has 21 heteroatoms. The summed E-state index contributed by atoms with van der Waals surface area (Å²) in [5.74, 6) is -0.660. The topological polar surface area (TPSA) is 241 Å². The molecular formula is C95H184N4O15P2. The van der Waals surface area contributed by atoms with E-state index in [0.29, 0.717) is 51.4 Å². The molecular weight excluding hydrogens is 1500 g/mol. The molecule has 0 saturated carbocycles. The van der Waals surface area contributed by atoms with Crippen LogP contribution >= 0.6 is 15.6 Å². The van der Waals surface area contributed by atoms with Crippen LogP contribution in [-0.2, 0) is 64.9 Å². The number of phosphoric acid groups is 2. The molecule has 684 valence electrons. The van der Waals surface area contributed by atoms with Gasteiger partial charge in [-0.05, 0) is 64.2 Å². The van der Waals surface area contributed by atoms with E-state index in [1.165, 1.54) is 256 Å². The highest BCUT2D eigenvalue weighted by atomic mass is 31.2. The molecule has 0 radical (unpaired) electrons. The van der Waals surface area contributed by atoms with Crippen LogP contribution in [0.3, 0.4) is 0 Å². The van der Waals surface area contributed by atoms with E-state index in [2.05, 4.69) is 76.0 Å². The van der Waals surface area contributed by atoms with Gasteiger partial charge in [-0.3, -0.25) is 46.3 Å². The lowest BCUT2D eigenvalue weighted by atomic mass is 10.00. The van der Waals surface area contributed by atoms with Gasteiger partial charge >= 0.3 is 33.6 Å². The summed E-state index contributed by atoms with van der Waals surface area (Å²) < 4.78 is 75.9. The minimum atomic E-state index is -4.34. The number of rotatable bonds is 94. The number of ether oxygens (including phenoxy) is 2. The van der Waals surface area contributed by atoms with Crippen LogP contribution in [0.4, 0.5) is 4.79 Å². The number of unbranched alkanes of at least 4 members (excludes halogenated alkanes) is 52. The van der Waals surface area contributed by atoms with Crippen LogP contribution < -0.4 is 21.3 Å². The van der Waals surface area contributed by atoms with Crippen molar-refractivity contribution in [2.24, 2.45) is 0 Å². The van der Waals surface area contributed by atoms with E-state index < -0.39 is 33.9 Å². The first-order valence-corrected chi connectivity index (χ1v) is 51.9. The maximum Gasteiger partial charge on any atom is 0.475 e. The van der Waals surface area contributed by atoms with Crippen LogP contribution in [0.25, 0.3) is 0 Å². The Morgan fingerprint density at radius 3 is 0.767 bits per heavy atom. The summed E-state index contributed by atoms with van der Waals surface area (Å²) in [5, 5.41) is 12.0. The van der Waals surface area contributed by atoms with Gasteiger partial charge in [-0.2, -0.15) is 0 Å². The van der Waals surface area contributed by atoms with Crippen LogP contribution in [0.1, 0.15) is 478 Å². The van der Waals surface area contributed by atoms with E-state index in [-0.39, 0.29) is 101 Å². The molecule has 0 aromatic carbocycles. The first-order valence-electron chi connectivity index (χ1n) is 48.9. The zero-order valence-electron chi connectivity index (χ0n) is 76.1. The first-order chi connectivity index (χ1) is 56.6. The maximum atomic E-state index is 14.4. The van der Waals surface area contributed by atoms with Gasteiger partial charge in [0.15, 0.2) is 0 Å². The Hall–Kier alpha value is -3.15. The molecule has 0 bridgehead atoms. The van der Waals surface area contributed by atoms with E-state index in [4.69, 9.17) is 36.6 Å². The molecule has 4 N–H and O–H groups in total. The number of nitrogens with one attached hydrogen (secondary N) is 4. The molecule has 0 aliphatic rings. The fraction of sp³-hybridized carbons (Fsp3) is 0.905. The minimum Gasteiger partial charge on any atom is -0.460 e. The average Bonchev–Trinajstić information content (AvgIpc) is 0.889. The summed E-state index contributed by atoms with van der Waals surface area (Å²) in [6, 6.07) is -0.929. The molecule has 4 unspecified atom stereocenters. The fourth-order valence-corrected chi connectivity index (χ4v) is 17.2. The molecule has 0 spiro atoms. The lowest BCUT2D eigenvalue weighted by molar-refractivity contribution is -0.152. The number of esters is 2. The molecule has 0 aliphatic heterocycles. The van der Waals surface area contributed by atoms with Crippen molar-refractivity contribution >= 4 is 45.4 Å². The molecule has 0 aliphatic carbocycles. The first kappa shape index (κ1) is 113. The van der Waals surface area contributed by atoms with Crippen molar-refractivity contribution in [2.75, 3.05) is 52.7 Å². The number of phosphoric ester groups is 2. The fourth-order valence-electron chi connectivity index (χ4n) is 14.8. The SMILES string of the molecule is C=CCOP(=O)(OCCNC(=O)NCCOP(=O)(OCC=C)OC[C@H](CCC(CCCCCCCCC)NC(=O)CCCCCCCCCCCCC)OC(=O)CCCCCCCCCCCCC)OC[C@H](CCC(CCCCCCCCC)NC(=O)CCCCCCCCCCCCC)OC(=O)CCCCCCCCCCCCC. The molecule has 0 aromatic rings. The third-order valence-electron chi connectivity index (χ3n) is 22.1. The van der Waals surface area contributed by atoms with E-state index in [9.17, 15) is 33.1 Å². The van der Waals surface area contributed by atoms with Crippen LogP contribution in [0.5, 0.6) is 0 Å². The minimum absolute atomic E-state index is 0.0362. The van der Waals surface area contributed by atoms with Gasteiger partial charge < -0.3 is 30.7 Å². The standard InChI is InChI=1S/C95H184N4O15P2/c1-9-17-23-29-35-39-43-47-53-59-65-71-91(100)98-87(69-63-57-51-33-27-21-13-5)75-77-89(113-93(102)73-67-61-55-49-45-41-37-31-25-19-11-3)85-111-115(105,107-81-15-7)109-83-79-96-95(104)97-80-84-110-116(106,108-82-16-8)112-86-90(114-94(103)74-68-62-56-50-46-42-38-32-26-20-12-4)78-76-88(70-64-58-52-34-28-22-14-6)99-92(101)72-66-60-54-48-44-40-36-30-24-18-10-2/h15-16,87-90H,7-14,17-86H2,1-6H3,(H,98,100)(H,99,101)(H2,96,97,104)/t87?,88?,89-,90-,115?,116?/m0/s1. The number of hydrogen-bond donors (Lipinski definition) is 4. The van der Waals surface area contributed by atoms with E-state index >= 15 is 0 Å². The molecule has 0 rings (SSSR count). The second-order valence-corrected chi connectivity index (χ2v) is 36.7. The van der Waals surface area contributed by atoms with E-state index in [1.54, 1.807) is 0 Å². The van der Waals surface area contributed by atoms with Crippen molar-refractivity contribution in [3.8, 4) is 0 Å². The van der Waals surface area contributed by atoms with Crippen molar-refractivity contribution in [1.82, 2.24) is 21.3 Å². The summed E-state index contributed by atoms with van der Waals surface area (Å²) in [4.78, 5) is 67.7.